The van der Waals surface area contributed by atoms with E-state index in [1.54, 1.807) is 14.0 Å². The zero-order valence-electron chi connectivity index (χ0n) is 10.8. The smallest absolute Gasteiger partial charge is 0.271 e. The lowest BCUT2D eigenvalue weighted by atomic mass is 10.3. The molecule has 1 rings (SSSR count). The van der Waals surface area contributed by atoms with Crippen molar-refractivity contribution < 1.29 is 13.3 Å². The SMILES string of the molecule is CNC(C)CNS(=O)(=O)c1ccc([N+](=O)[O-])cc1Cl.Cl. The first kappa shape index (κ1) is 19.1. The maximum absolute atomic E-state index is 12.0. The molecule has 2 N–H and O–H groups in total. The molecule has 0 fully saturated rings. The standard InChI is InChI=1S/C10H14ClN3O4S.ClH/c1-7(12-2)6-13-19(17,18)10-4-3-8(14(15)16)5-9(10)11;/h3-5,7,12-13H,6H2,1-2H3;1H. The van der Waals surface area contributed by atoms with Crippen molar-refractivity contribution >= 4 is 39.7 Å². The van der Waals surface area contributed by atoms with Crippen molar-refractivity contribution in [2.45, 2.75) is 17.9 Å². The second-order valence-corrected chi connectivity index (χ2v) is 6.06. The summed E-state index contributed by atoms with van der Waals surface area (Å²) in [5.74, 6) is 0. The van der Waals surface area contributed by atoms with Gasteiger partial charge in [0.25, 0.3) is 5.69 Å². The van der Waals surface area contributed by atoms with Crippen LogP contribution in [0.4, 0.5) is 5.69 Å². The normalized spacial score (nSPS) is 12.6. The number of nitro groups is 1. The van der Waals surface area contributed by atoms with Gasteiger partial charge in [0, 0.05) is 24.7 Å². The summed E-state index contributed by atoms with van der Waals surface area (Å²) in [6.45, 7) is 1.99. The van der Waals surface area contributed by atoms with Crippen LogP contribution in [0.1, 0.15) is 6.92 Å². The first-order valence-electron chi connectivity index (χ1n) is 5.39. The number of nitrogens with one attached hydrogen (secondary N) is 2. The van der Waals surface area contributed by atoms with Crippen LogP contribution >= 0.6 is 24.0 Å². The van der Waals surface area contributed by atoms with Crippen molar-refractivity contribution in [1.29, 1.82) is 0 Å². The van der Waals surface area contributed by atoms with E-state index in [1.165, 1.54) is 0 Å². The predicted octanol–water partition coefficient (Wildman–Crippen LogP) is 1.56. The lowest BCUT2D eigenvalue weighted by molar-refractivity contribution is -0.384. The number of hydrogen-bond donors (Lipinski definition) is 2. The van der Waals surface area contributed by atoms with E-state index in [1.807, 2.05) is 0 Å². The van der Waals surface area contributed by atoms with Gasteiger partial charge in [0.05, 0.1) is 9.95 Å². The fourth-order valence-electron chi connectivity index (χ4n) is 1.24. The van der Waals surface area contributed by atoms with Crippen LogP contribution in [0.15, 0.2) is 23.1 Å². The summed E-state index contributed by atoms with van der Waals surface area (Å²) in [6, 6.07) is 3.18. The number of halogens is 2. The van der Waals surface area contributed by atoms with Crippen LogP contribution < -0.4 is 10.0 Å². The zero-order valence-corrected chi connectivity index (χ0v) is 13.2. The van der Waals surface area contributed by atoms with Gasteiger partial charge >= 0.3 is 0 Å². The van der Waals surface area contributed by atoms with Gasteiger partial charge in [0.15, 0.2) is 0 Å². The van der Waals surface area contributed by atoms with Crippen LogP contribution in [0.25, 0.3) is 0 Å². The molecule has 0 amide bonds. The third kappa shape index (κ3) is 4.88. The maximum Gasteiger partial charge on any atom is 0.271 e. The van der Waals surface area contributed by atoms with Crippen molar-refractivity contribution in [3.05, 3.63) is 33.3 Å². The van der Waals surface area contributed by atoms with Crippen LogP contribution in [0.5, 0.6) is 0 Å². The van der Waals surface area contributed by atoms with Crippen LogP contribution in [0.3, 0.4) is 0 Å². The molecule has 7 nitrogen and oxygen atoms in total. The predicted molar refractivity (Wildman–Crippen MR) is 79.1 cm³/mol. The monoisotopic (exact) mass is 343 g/mol. The Labute approximate surface area is 128 Å². The van der Waals surface area contributed by atoms with E-state index >= 15 is 0 Å². The molecule has 1 aromatic carbocycles. The first-order valence-corrected chi connectivity index (χ1v) is 7.25. The summed E-state index contributed by atoms with van der Waals surface area (Å²) >= 11 is 5.77. The molecule has 0 aliphatic rings. The highest BCUT2D eigenvalue weighted by Gasteiger charge is 2.20. The number of nitrogens with zero attached hydrogens (tertiary/aromatic N) is 1. The van der Waals surface area contributed by atoms with E-state index < -0.39 is 14.9 Å². The largest absolute Gasteiger partial charge is 0.316 e. The van der Waals surface area contributed by atoms with Crippen molar-refractivity contribution in [3.8, 4) is 0 Å². The van der Waals surface area contributed by atoms with Gasteiger partial charge in [-0.05, 0) is 20.0 Å². The van der Waals surface area contributed by atoms with Gasteiger partial charge in [-0.2, -0.15) is 0 Å². The molecule has 0 radical (unpaired) electrons. The van der Waals surface area contributed by atoms with Gasteiger partial charge in [-0.15, -0.1) is 12.4 Å². The molecule has 1 atom stereocenters. The molecular weight excluding hydrogens is 329 g/mol. The molecule has 0 aromatic heterocycles. The number of rotatable bonds is 6. The molecule has 0 bridgehead atoms. The molecule has 20 heavy (non-hydrogen) atoms. The Morgan fingerprint density at radius 1 is 1.45 bits per heavy atom. The van der Waals surface area contributed by atoms with Crippen LogP contribution in [-0.4, -0.2) is 33.0 Å². The summed E-state index contributed by atoms with van der Waals surface area (Å²) in [4.78, 5) is 9.72. The highest BCUT2D eigenvalue weighted by molar-refractivity contribution is 7.89. The van der Waals surface area contributed by atoms with Crippen molar-refractivity contribution in [3.63, 3.8) is 0 Å². The highest BCUT2D eigenvalue weighted by Crippen LogP contribution is 2.25. The van der Waals surface area contributed by atoms with Gasteiger partial charge in [-0.1, -0.05) is 11.6 Å². The van der Waals surface area contributed by atoms with Gasteiger partial charge in [0.2, 0.25) is 10.0 Å². The summed E-state index contributed by atoms with van der Waals surface area (Å²) in [5.41, 5.74) is -0.257. The number of hydrogen-bond acceptors (Lipinski definition) is 5. The second kappa shape index (κ2) is 7.75. The molecule has 0 spiro atoms. The lowest BCUT2D eigenvalue weighted by Gasteiger charge is -2.12. The Morgan fingerprint density at radius 2 is 2.05 bits per heavy atom. The Bertz CT molecular complexity index is 580. The highest BCUT2D eigenvalue weighted by atomic mass is 35.5. The average molecular weight is 344 g/mol. The average Bonchev–Trinajstić information content (AvgIpc) is 2.35. The molecule has 0 aliphatic carbocycles. The van der Waals surface area contributed by atoms with Gasteiger partial charge in [-0.3, -0.25) is 10.1 Å². The minimum absolute atomic E-state index is 0. The summed E-state index contributed by atoms with van der Waals surface area (Å²) in [5, 5.41) is 13.2. The zero-order chi connectivity index (χ0) is 14.6. The van der Waals surface area contributed by atoms with E-state index in [-0.39, 0.29) is 40.6 Å². The quantitative estimate of drug-likeness (QED) is 0.602. The van der Waals surface area contributed by atoms with E-state index in [0.29, 0.717) is 0 Å². The third-order valence-electron chi connectivity index (χ3n) is 2.49. The second-order valence-electron chi connectivity index (χ2n) is 3.91. The molecule has 10 heteroatoms. The van der Waals surface area contributed by atoms with Gasteiger partial charge in [-0.25, -0.2) is 13.1 Å². The molecule has 1 unspecified atom stereocenters. The molecule has 0 saturated carbocycles. The van der Waals surface area contributed by atoms with Gasteiger partial charge < -0.3 is 5.32 Å². The van der Waals surface area contributed by atoms with Crippen molar-refractivity contribution in [2.75, 3.05) is 13.6 Å². The minimum atomic E-state index is -3.78. The number of nitro benzene ring substituents is 1. The summed E-state index contributed by atoms with van der Waals surface area (Å²) in [7, 11) is -2.08. The first-order chi connectivity index (χ1) is 8.77. The molecule has 0 heterocycles. The maximum atomic E-state index is 12.0. The third-order valence-corrected chi connectivity index (χ3v) is 4.39. The molecule has 114 valence electrons. The summed E-state index contributed by atoms with van der Waals surface area (Å²) < 4.78 is 26.3. The van der Waals surface area contributed by atoms with Crippen molar-refractivity contribution in [1.82, 2.24) is 10.0 Å². The minimum Gasteiger partial charge on any atom is -0.316 e. The van der Waals surface area contributed by atoms with Crippen LogP contribution in [-0.2, 0) is 10.0 Å². The molecule has 0 saturated heterocycles. The fourth-order valence-corrected chi connectivity index (χ4v) is 2.90. The Hall–Kier alpha value is -0.930. The number of sulfonamides is 1. The Balaban J connectivity index is 0.00000361. The number of benzene rings is 1. The van der Waals surface area contributed by atoms with E-state index in [9.17, 15) is 18.5 Å². The van der Waals surface area contributed by atoms with E-state index in [0.717, 1.165) is 18.2 Å². The lowest BCUT2D eigenvalue weighted by Crippen LogP contribution is -2.37. The van der Waals surface area contributed by atoms with E-state index in [4.69, 9.17) is 11.6 Å². The Kier molecular flexibility index (Phi) is 7.39. The summed E-state index contributed by atoms with van der Waals surface area (Å²) in [6.07, 6.45) is 0. The van der Waals surface area contributed by atoms with E-state index in [2.05, 4.69) is 10.0 Å². The number of non-ortho nitro benzene ring substituents is 1. The molecule has 0 aliphatic heterocycles. The number of likely N-dealkylation sites (N-methyl/N-ethyl adjacent to an activating group) is 1. The molecule has 1 aromatic rings. The van der Waals surface area contributed by atoms with Crippen molar-refractivity contribution in [2.24, 2.45) is 0 Å². The van der Waals surface area contributed by atoms with Gasteiger partial charge in [0.1, 0.15) is 4.90 Å². The topological polar surface area (TPSA) is 101 Å². The van der Waals surface area contributed by atoms with Crippen LogP contribution in [0, 0.1) is 10.1 Å². The fraction of sp³-hybridized carbons (Fsp3) is 0.400. The Morgan fingerprint density at radius 3 is 2.50 bits per heavy atom. The molecular formula is C10H15Cl2N3O4S. The van der Waals surface area contributed by atoms with Crippen LogP contribution in [0.2, 0.25) is 5.02 Å².